The number of aldehydes is 1. The first-order valence-electron chi connectivity index (χ1n) is 6.37. The third-order valence-electron chi connectivity index (χ3n) is 2.51. The van der Waals surface area contributed by atoms with E-state index in [1.54, 1.807) is 25.1 Å². The standard InChI is InChI=1S/C14H16N2O4/c1-3-6-18-12-5-4-11(8-17)13(7-12)19-9-14-15-10(2)16-20-14/h4-5,7-8H,3,6,9H2,1-2H3. The predicted octanol–water partition coefficient (Wildman–Crippen LogP) is 2.56. The molecule has 106 valence electrons. The molecule has 1 aromatic carbocycles. The van der Waals surface area contributed by atoms with Gasteiger partial charge in [-0.15, -0.1) is 0 Å². The van der Waals surface area contributed by atoms with Gasteiger partial charge in [0, 0.05) is 6.07 Å². The molecule has 0 aliphatic rings. The highest BCUT2D eigenvalue weighted by Gasteiger charge is 2.09. The van der Waals surface area contributed by atoms with E-state index in [9.17, 15) is 4.79 Å². The summed E-state index contributed by atoms with van der Waals surface area (Å²) < 4.78 is 16.0. The Morgan fingerprint density at radius 3 is 2.85 bits per heavy atom. The summed E-state index contributed by atoms with van der Waals surface area (Å²) in [6.45, 7) is 4.47. The summed E-state index contributed by atoms with van der Waals surface area (Å²) in [4.78, 5) is 15.0. The Kier molecular flexibility index (Phi) is 4.70. The number of carbonyl (C=O) groups is 1. The quantitative estimate of drug-likeness (QED) is 0.723. The number of rotatable bonds is 7. The fourth-order valence-corrected chi connectivity index (χ4v) is 1.58. The van der Waals surface area contributed by atoms with Gasteiger partial charge in [-0.2, -0.15) is 4.98 Å². The molecule has 0 atom stereocenters. The number of carbonyl (C=O) groups excluding carboxylic acids is 1. The van der Waals surface area contributed by atoms with Crippen LogP contribution < -0.4 is 9.47 Å². The van der Waals surface area contributed by atoms with Gasteiger partial charge in [-0.1, -0.05) is 12.1 Å². The van der Waals surface area contributed by atoms with E-state index in [1.807, 2.05) is 6.92 Å². The van der Waals surface area contributed by atoms with Crippen LogP contribution >= 0.6 is 0 Å². The van der Waals surface area contributed by atoms with Gasteiger partial charge in [0.05, 0.1) is 12.2 Å². The summed E-state index contributed by atoms with van der Waals surface area (Å²) in [7, 11) is 0. The van der Waals surface area contributed by atoms with E-state index in [0.29, 0.717) is 35.4 Å². The van der Waals surface area contributed by atoms with Gasteiger partial charge in [0.15, 0.2) is 18.7 Å². The fourth-order valence-electron chi connectivity index (χ4n) is 1.58. The molecule has 20 heavy (non-hydrogen) atoms. The van der Waals surface area contributed by atoms with E-state index in [4.69, 9.17) is 14.0 Å². The SMILES string of the molecule is CCCOc1ccc(C=O)c(OCc2nc(C)no2)c1. The van der Waals surface area contributed by atoms with E-state index < -0.39 is 0 Å². The molecular weight excluding hydrogens is 260 g/mol. The van der Waals surface area contributed by atoms with Gasteiger partial charge in [-0.25, -0.2) is 0 Å². The molecule has 0 aliphatic carbocycles. The van der Waals surface area contributed by atoms with E-state index in [2.05, 4.69) is 10.1 Å². The lowest BCUT2D eigenvalue weighted by Crippen LogP contribution is -2.00. The van der Waals surface area contributed by atoms with Crippen molar-refractivity contribution in [2.24, 2.45) is 0 Å². The van der Waals surface area contributed by atoms with Crippen LogP contribution in [0.4, 0.5) is 0 Å². The van der Waals surface area contributed by atoms with Crippen molar-refractivity contribution in [3.8, 4) is 11.5 Å². The number of nitrogens with zero attached hydrogens (tertiary/aromatic N) is 2. The molecule has 0 saturated carbocycles. The highest BCUT2D eigenvalue weighted by Crippen LogP contribution is 2.24. The van der Waals surface area contributed by atoms with Crippen LogP contribution in [-0.2, 0) is 6.61 Å². The third kappa shape index (κ3) is 3.57. The molecular formula is C14H16N2O4. The Morgan fingerprint density at radius 1 is 1.35 bits per heavy atom. The number of aromatic nitrogens is 2. The lowest BCUT2D eigenvalue weighted by Gasteiger charge is -2.09. The molecule has 0 radical (unpaired) electrons. The van der Waals surface area contributed by atoms with Crippen LogP contribution in [0.15, 0.2) is 22.7 Å². The zero-order valence-corrected chi connectivity index (χ0v) is 11.5. The van der Waals surface area contributed by atoms with Crippen molar-refractivity contribution in [1.82, 2.24) is 10.1 Å². The van der Waals surface area contributed by atoms with E-state index >= 15 is 0 Å². The molecule has 0 saturated heterocycles. The fraction of sp³-hybridized carbons (Fsp3) is 0.357. The zero-order valence-electron chi connectivity index (χ0n) is 11.5. The Hall–Kier alpha value is -2.37. The first-order valence-corrected chi connectivity index (χ1v) is 6.37. The molecule has 2 rings (SSSR count). The molecule has 0 spiro atoms. The van der Waals surface area contributed by atoms with Crippen LogP contribution in [0.1, 0.15) is 35.4 Å². The predicted molar refractivity (Wildman–Crippen MR) is 71.0 cm³/mol. The van der Waals surface area contributed by atoms with Gasteiger partial charge in [0.2, 0.25) is 0 Å². The number of aryl methyl sites for hydroxylation is 1. The Morgan fingerprint density at radius 2 is 2.20 bits per heavy atom. The maximum Gasteiger partial charge on any atom is 0.264 e. The monoisotopic (exact) mass is 276 g/mol. The summed E-state index contributed by atoms with van der Waals surface area (Å²) in [5.74, 6) is 2.00. The lowest BCUT2D eigenvalue weighted by atomic mass is 10.2. The summed E-state index contributed by atoms with van der Waals surface area (Å²) in [6, 6.07) is 5.08. The Labute approximate surface area is 116 Å². The average Bonchev–Trinajstić information content (AvgIpc) is 2.88. The minimum Gasteiger partial charge on any atom is -0.493 e. The lowest BCUT2D eigenvalue weighted by molar-refractivity contribution is 0.111. The highest BCUT2D eigenvalue weighted by molar-refractivity contribution is 5.79. The van der Waals surface area contributed by atoms with Crippen molar-refractivity contribution in [3.05, 3.63) is 35.5 Å². The second kappa shape index (κ2) is 6.70. The van der Waals surface area contributed by atoms with Crippen molar-refractivity contribution in [2.45, 2.75) is 26.9 Å². The van der Waals surface area contributed by atoms with Crippen LogP contribution in [0.5, 0.6) is 11.5 Å². The van der Waals surface area contributed by atoms with Crippen LogP contribution in [-0.4, -0.2) is 23.0 Å². The van der Waals surface area contributed by atoms with Gasteiger partial charge in [0.1, 0.15) is 11.5 Å². The Bertz CT molecular complexity index is 580. The number of hydrogen-bond acceptors (Lipinski definition) is 6. The van der Waals surface area contributed by atoms with Gasteiger partial charge in [-0.05, 0) is 25.5 Å². The Balaban J connectivity index is 2.09. The van der Waals surface area contributed by atoms with E-state index in [0.717, 1.165) is 12.7 Å². The summed E-state index contributed by atoms with van der Waals surface area (Å²) in [5.41, 5.74) is 0.449. The number of benzene rings is 1. The largest absolute Gasteiger partial charge is 0.493 e. The molecule has 6 nitrogen and oxygen atoms in total. The maximum absolute atomic E-state index is 11.0. The summed E-state index contributed by atoms with van der Waals surface area (Å²) in [5, 5.41) is 3.67. The van der Waals surface area contributed by atoms with Crippen molar-refractivity contribution < 1.29 is 18.8 Å². The van der Waals surface area contributed by atoms with Gasteiger partial charge < -0.3 is 14.0 Å². The van der Waals surface area contributed by atoms with E-state index in [1.165, 1.54) is 0 Å². The molecule has 0 N–H and O–H groups in total. The molecule has 1 aromatic heterocycles. The molecule has 6 heteroatoms. The molecule has 1 heterocycles. The van der Waals surface area contributed by atoms with Crippen molar-refractivity contribution in [3.63, 3.8) is 0 Å². The molecule has 0 bridgehead atoms. The smallest absolute Gasteiger partial charge is 0.264 e. The highest BCUT2D eigenvalue weighted by atomic mass is 16.5. The molecule has 0 unspecified atom stereocenters. The topological polar surface area (TPSA) is 74.5 Å². The minimum atomic E-state index is 0.110. The second-order valence-corrected chi connectivity index (χ2v) is 4.19. The van der Waals surface area contributed by atoms with Crippen molar-refractivity contribution in [1.29, 1.82) is 0 Å². The molecule has 0 fully saturated rings. The van der Waals surface area contributed by atoms with Crippen molar-refractivity contribution >= 4 is 6.29 Å². The molecule has 0 aliphatic heterocycles. The molecule has 0 amide bonds. The first-order chi connectivity index (χ1) is 9.72. The minimum absolute atomic E-state index is 0.110. The van der Waals surface area contributed by atoms with Crippen LogP contribution in [0.25, 0.3) is 0 Å². The maximum atomic E-state index is 11.0. The van der Waals surface area contributed by atoms with Crippen molar-refractivity contribution in [2.75, 3.05) is 6.61 Å². The summed E-state index contributed by atoms with van der Waals surface area (Å²) >= 11 is 0. The second-order valence-electron chi connectivity index (χ2n) is 4.19. The van der Waals surface area contributed by atoms with Gasteiger partial charge in [-0.3, -0.25) is 4.79 Å². The summed E-state index contributed by atoms with van der Waals surface area (Å²) in [6.07, 6.45) is 1.64. The first kappa shape index (κ1) is 14.0. The van der Waals surface area contributed by atoms with Crippen LogP contribution in [0, 0.1) is 6.92 Å². The number of hydrogen-bond donors (Lipinski definition) is 0. The van der Waals surface area contributed by atoms with Gasteiger partial charge >= 0.3 is 0 Å². The normalized spacial score (nSPS) is 10.3. The van der Waals surface area contributed by atoms with Gasteiger partial charge in [0.25, 0.3) is 5.89 Å². The number of ether oxygens (including phenoxy) is 2. The van der Waals surface area contributed by atoms with Crippen LogP contribution in [0.3, 0.4) is 0 Å². The van der Waals surface area contributed by atoms with Crippen LogP contribution in [0.2, 0.25) is 0 Å². The average molecular weight is 276 g/mol. The zero-order chi connectivity index (χ0) is 14.4. The van der Waals surface area contributed by atoms with E-state index in [-0.39, 0.29) is 6.61 Å². The molecule has 2 aromatic rings. The third-order valence-corrected chi connectivity index (χ3v) is 2.51.